The number of nitrogens with zero attached hydrogens (tertiary/aromatic N) is 1. The molecule has 1 aromatic heterocycles. The minimum absolute atomic E-state index is 0.0334. The summed E-state index contributed by atoms with van der Waals surface area (Å²) in [4.78, 5) is 16.3. The largest absolute Gasteiger partial charge is 0.387 e. The Bertz CT molecular complexity index is 1420. The first kappa shape index (κ1) is 9.65. The van der Waals surface area contributed by atoms with E-state index in [9.17, 15) is 9.90 Å². The molecule has 1 amide bonds. The number of nitrogens with one attached hydrogen (secondary N) is 2. The fraction of sp³-hybridized carbons (Fsp3) is 0.238. The van der Waals surface area contributed by atoms with Gasteiger partial charge in [-0.1, -0.05) is 42.3 Å². The van der Waals surface area contributed by atoms with Crippen LogP contribution in [0.2, 0.25) is 0 Å². The highest BCUT2D eigenvalue weighted by molar-refractivity contribution is 7.13. The van der Waals surface area contributed by atoms with E-state index in [2.05, 4.69) is 15.6 Å². The molecule has 3 rings (SSSR count). The topological polar surface area (TPSA) is 100 Å². The van der Waals surface area contributed by atoms with Crippen LogP contribution in [0.4, 0.5) is 10.8 Å². The minimum Gasteiger partial charge on any atom is -0.387 e. The van der Waals surface area contributed by atoms with Crippen LogP contribution in [-0.4, -0.2) is 29.0 Å². The van der Waals surface area contributed by atoms with Crippen molar-refractivity contribution in [2.75, 3.05) is 24.1 Å². The highest BCUT2D eigenvalue weighted by Gasteiger charge is 2.08. The van der Waals surface area contributed by atoms with Gasteiger partial charge in [0, 0.05) is 20.3 Å². The second-order valence-electron chi connectivity index (χ2n) is 5.47. The zero-order valence-electron chi connectivity index (χ0n) is 26.5. The molecule has 0 unspecified atom stereocenters. The van der Waals surface area contributed by atoms with E-state index in [0.29, 0.717) is 0 Å². The summed E-state index contributed by atoms with van der Waals surface area (Å²) in [5.74, 6) is -0.758. The maximum Gasteiger partial charge on any atom is 0.230 e. The van der Waals surface area contributed by atoms with Crippen molar-refractivity contribution < 1.29 is 26.4 Å². The summed E-state index contributed by atoms with van der Waals surface area (Å²) in [6, 6.07) is -5.77. The van der Waals surface area contributed by atoms with Crippen molar-refractivity contribution in [3.63, 3.8) is 0 Å². The molecule has 0 radical (unpaired) electrons. The Morgan fingerprint density at radius 3 is 2.68 bits per heavy atom. The lowest BCUT2D eigenvalue weighted by molar-refractivity contribution is -0.115. The Kier molecular flexibility index (Phi) is 3.44. The number of hydrogen-bond acceptors (Lipinski definition) is 6. The van der Waals surface area contributed by atoms with Crippen LogP contribution in [-0.2, 0) is 17.6 Å². The van der Waals surface area contributed by atoms with Crippen molar-refractivity contribution in [1.82, 2.24) is 10.3 Å². The van der Waals surface area contributed by atoms with Crippen molar-refractivity contribution in [3.05, 3.63) is 76.6 Å². The third kappa shape index (κ3) is 6.16. The number of thiazole rings is 1. The number of nitrogen functional groups attached to an aromatic ring is 1. The lowest BCUT2D eigenvalue weighted by Gasteiger charge is -2.12. The SMILES string of the molecule is [2H]c1sc(N)nc1CC(=O)Nc1c([2H])c([2H])c(CC([2H])([2H])NC[C@@H](O)c2c([2H])c([2H])c([2H])c([2H])c2[2H])c([2H])c1[2H]. The van der Waals surface area contributed by atoms with E-state index >= 15 is 0 Å². The zero-order valence-corrected chi connectivity index (χ0v) is 15.3. The number of carbonyl (C=O) groups excluding carboxylic acids is 1. The lowest BCUT2D eigenvalue weighted by Crippen LogP contribution is -2.23. The van der Waals surface area contributed by atoms with Gasteiger partial charge in [0.05, 0.1) is 31.9 Å². The van der Waals surface area contributed by atoms with Gasteiger partial charge in [0.2, 0.25) is 5.91 Å². The van der Waals surface area contributed by atoms with Gasteiger partial charge in [-0.25, -0.2) is 4.98 Å². The number of aliphatic hydroxyl groups is 1. The molecule has 146 valence electrons. The fourth-order valence-electron chi connectivity index (χ4n) is 2.04. The predicted octanol–water partition coefficient (Wildman–Crippen LogP) is 2.77. The molecule has 0 spiro atoms. The van der Waals surface area contributed by atoms with Gasteiger partial charge in [-0.15, -0.1) is 11.3 Å². The summed E-state index contributed by atoms with van der Waals surface area (Å²) in [6.07, 6.45) is -2.80. The molecule has 1 heterocycles. The first-order valence-corrected chi connectivity index (χ1v) is 8.89. The van der Waals surface area contributed by atoms with Gasteiger partial charge in [0.25, 0.3) is 0 Å². The van der Waals surface area contributed by atoms with E-state index in [1.807, 2.05) is 0 Å². The number of hydrogen-bond donors (Lipinski definition) is 4. The highest BCUT2D eigenvalue weighted by atomic mass is 32.1. The molecule has 0 saturated heterocycles. The summed E-state index contributed by atoms with van der Waals surface area (Å²) < 4.78 is 96.2. The summed E-state index contributed by atoms with van der Waals surface area (Å²) in [6.45, 7) is -3.03. The molecule has 0 bridgehead atoms. The monoisotopic (exact) mass is 408 g/mol. The van der Waals surface area contributed by atoms with Crippen molar-refractivity contribution in [1.29, 1.82) is 0 Å². The number of aromatic nitrogens is 1. The number of aliphatic hydroxyl groups excluding tert-OH is 1. The number of benzene rings is 2. The maximum atomic E-state index is 12.4. The molecule has 1 atom stereocenters. The van der Waals surface area contributed by atoms with E-state index in [1.165, 1.54) is 0 Å². The van der Waals surface area contributed by atoms with Gasteiger partial charge in [-0.2, -0.15) is 0 Å². The summed E-state index contributed by atoms with van der Waals surface area (Å²) in [5.41, 5.74) is 4.39. The number of amides is 1. The van der Waals surface area contributed by atoms with Gasteiger partial charge in [0.15, 0.2) is 5.13 Å². The van der Waals surface area contributed by atoms with Crippen LogP contribution in [0.25, 0.3) is 0 Å². The van der Waals surface area contributed by atoms with Crippen molar-refractivity contribution >= 4 is 28.1 Å². The van der Waals surface area contributed by atoms with E-state index in [0.717, 1.165) is 11.3 Å². The third-order valence-electron chi connectivity index (χ3n) is 3.33. The van der Waals surface area contributed by atoms with E-state index < -0.39 is 104 Å². The van der Waals surface area contributed by atoms with Crippen molar-refractivity contribution in [3.8, 4) is 0 Å². The van der Waals surface area contributed by atoms with E-state index in [4.69, 9.17) is 22.2 Å². The Hall–Kier alpha value is -2.74. The van der Waals surface area contributed by atoms with Crippen LogP contribution in [0.15, 0.2) is 59.7 Å². The molecule has 0 aliphatic heterocycles. The lowest BCUT2D eigenvalue weighted by atomic mass is 10.1. The Balaban J connectivity index is 1.79. The molecule has 0 saturated carbocycles. The molecule has 3 aromatic rings. The molecule has 0 fully saturated rings. The first-order chi connectivity index (χ1) is 18.5. The van der Waals surface area contributed by atoms with Crippen LogP contribution >= 0.6 is 11.3 Å². The molecular formula is C21H24N4O2S. The second-order valence-corrected chi connectivity index (χ2v) is 6.29. The Morgan fingerprint density at radius 1 is 1.25 bits per heavy atom. The van der Waals surface area contributed by atoms with Gasteiger partial charge in [-0.3, -0.25) is 4.79 Å². The number of nitrogens with two attached hydrogens (primary N) is 1. The molecule has 0 aliphatic rings. The van der Waals surface area contributed by atoms with Crippen molar-refractivity contribution in [2.24, 2.45) is 0 Å². The third-order valence-corrected chi connectivity index (χ3v) is 3.96. The summed E-state index contributed by atoms with van der Waals surface area (Å²) in [7, 11) is 0. The van der Waals surface area contributed by atoms with Gasteiger partial charge in [0.1, 0.15) is 0 Å². The Morgan fingerprint density at radius 2 is 2.00 bits per heavy atom. The standard InChI is InChI=1S/C21H24N4O2S/c22-21-25-18(14-28-21)12-20(27)24-17-8-6-15(7-9-17)10-11-23-13-19(26)16-4-2-1-3-5-16/h1-9,14,19,23,26H,10-13H2,(H2,22,25)(H,24,27)/t19-/m1/s1/i1D,2D,3D,4D,5D,6D,7D,8D,9D,11D2,14D. The molecule has 2 aromatic carbocycles. The summed E-state index contributed by atoms with van der Waals surface area (Å²) in [5, 5.41) is 15.2. The molecule has 7 heteroatoms. The van der Waals surface area contributed by atoms with Gasteiger partial charge < -0.3 is 21.5 Å². The maximum absolute atomic E-state index is 12.4. The van der Waals surface area contributed by atoms with Crippen LogP contribution in [0, 0.1) is 0 Å². The van der Waals surface area contributed by atoms with Gasteiger partial charge in [-0.05, 0) is 36.1 Å². The van der Waals surface area contributed by atoms with Crippen molar-refractivity contribution in [2.45, 2.75) is 18.9 Å². The number of anilines is 2. The van der Waals surface area contributed by atoms with Crippen LogP contribution < -0.4 is 16.4 Å². The normalized spacial score (nSPS) is 18.5. The van der Waals surface area contributed by atoms with Gasteiger partial charge >= 0.3 is 0 Å². The molecule has 5 N–H and O–H groups in total. The molecule has 0 aliphatic carbocycles. The minimum atomic E-state index is -2.43. The van der Waals surface area contributed by atoms with Crippen LogP contribution in [0.5, 0.6) is 0 Å². The fourth-order valence-corrected chi connectivity index (χ4v) is 2.53. The average molecular weight is 409 g/mol. The first-order valence-electron chi connectivity index (χ1n) is 14.1. The molecular weight excluding hydrogens is 372 g/mol. The van der Waals surface area contributed by atoms with E-state index in [1.54, 1.807) is 0 Å². The average Bonchev–Trinajstić information content (AvgIpc) is 3.20. The zero-order chi connectivity index (χ0) is 30.3. The van der Waals surface area contributed by atoms with E-state index in [-0.39, 0.29) is 21.7 Å². The molecule has 28 heavy (non-hydrogen) atoms. The highest BCUT2D eigenvalue weighted by Crippen LogP contribution is 2.14. The predicted molar refractivity (Wildman–Crippen MR) is 113 cm³/mol. The van der Waals surface area contributed by atoms with Crippen LogP contribution in [0.1, 0.15) is 39.4 Å². The second kappa shape index (κ2) is 9.98. The van der Waals surface area contributed by atoms with Crippen LogP contribution in [0.3, 0.4) is 0 Å². The number of rotatable bonds is 9. The Labute approximate surface area is 185 Å². The summed E-state index contributed by atoms with van der Waals surface area (Å²) >= 11 is 0.863. The molecule has 6 nitrogen and oxygen atoms in total. The number of carbonyl (C=O) groups is 1. The quantitative estimate of drug-likeness (QED) is 0.436. The smallest absolute Gasteiger partial charge is 0.230 e.